The molecule has 168 valence electrons. The number of amides is 1. The van der Waals surface area contributed by atoms with Crippen LogP contribution in [0.3, 0.4) is 0 Å². The number of carbonyl (C=O) groups is 1. The van der Waals surface area contributed by atoms with Crippen molar-refractivity contribution in [1.29, 1.82) is 0 Å². The third-order valence-electron chi connectivity index (χ3n) is 4.69. The molecule has 0 saturated carbocycles. The second-order valence-corrected chi connectivity index (χ2v) is 10.5. The molecule has 0 saturated heterocycles. The first-order valence-corrected chi connectivity index (χ1v) is 11.9. The van der Waals surface area contributed by atoms with Gasteiger partial charge in [-0.2, -0.15) is 0 Å². The molecule has 3 aromatic rings. The van der Waals surface area contributed by atoms with Crippen LogP contribution in [0.5, 0.6) is 0 Å². The maximum Gasteiger partial charge on any atom is 0.255 e. The lowest BCUT2D eigenvalue weighted by Gasteiger charge is -2.24. The number of hydrogen-bond donors (Lipinski definition) is 1. The van der Waals surface area contributed by atoms with E-state index in [2.05, 4.69) is 31.1 Å². The lowest BCUT2D eigenvalue weighted by molar-refractivity contribution is 0.102. The molecule has 0 atom stereocenters. The summed E-state index contributed by atoms with van der Waals surface area (Å²) in [5.41, 5.74) is 1.84. The molecule has 0 aliphatic rings. The van der Waals surface area contributed by atoms with Crippen LogP contribution in [0.25, 0.3) is 0 Å². The van der Waals surface area contributed by atoms with Crippen LogP contribution in [-0.2, 0) is 15.4 Å². The number of pyridine rings is 1. The maximum atomic E-state index is 13.3. The van der Waals surface area contributed by atoms with E-state index >= 15 is 0 Å². The zero-order valence-corrected chi connectivity index (χ0v) is 19.6. The predicted molar refractivity (Wildman–Crippen MR) is 126 cm³/mol. The summed E-state index contributed by atoms with van der Waals surface area (Å²) in [5.74, 6) is -1.05. The summed E-state index contributed by atoms with van der Waals surface area (Å²) >= 11 is 5.76. The number of benzene rings is 2. The summed E-state index contributed by atoms with van der Waals surface area (Å²) in [7, 11) is -3.75. The lowest BCUT2D eigenvalue weighted by atomic mass is 9.87. The number of hydrogen-bond acceptors (Lipinski definition) is 4. The molecule has 0 aliphatic heterocycles. The minimum Gasteiger partial charge on any atom is -0.322 e. The topological polar surface area (TPSA) is 79.4 Å². The first kappa shape index (κ1) is 23.7. The fraction of sp³-hybridized carbons (Fsp3) is 0.217. The molecule has 0 unspecified atom stereocenters. The fourth-order valence-electron chi connectivity index (χ4n) is 3.04. The first-order valence-electron chi connectivity index (χ1n) is 9.69. The third kappa shape index (κ3) is 5.44. The van der Waals surface area contributed by atoms with E-state index < -0.39 is 21.7 Å². The van der Waals surface area contributed by atoms with Gasteiger partial charge in [0.25, 0.3) is 5.91 Å². The quantitative estimate of drug-likeness (QED) is 0.526. The van der Waals surface area contributed by atoms with E-state index in [1.54, 1.807) is 12.1 Å². The van der Waals surface area contributed by atoms with Gasteiger partial charge in [-0.25, -0.2) is 22.1 Å². The zero-order chi connectivity index (χ0) is 23.7. The van der Waals surface area contributed by atoms with Gasteiger partial charge in [0.1, 0.15) is 11.6 Å². The van der Waals surface area contributed by atoms with Gasteiger partial charge in [-0.15, -0.1) is 0 Å². The predicted octanol–water partition coefficient (Wildman–Crippen LogP) is 5.52. The van der Waals surface area contributed by atoms with Crippen molar-refractivity contribution in [2.45, 2.75) is 26.2 Å². The van der Waals surface area contributed by atoms with E-state index in [9.17, 15) is 17.6 Å². The molecule has 1 amide bonds. The summed E-state index contributed by atoms with van der Waals surface area (Å²) in [5, 5.41) is 2.48. The van der Waals surface area contributed by atoms with Crippen LogP contribution in [0.1, 0.15) is 36.7 Å². The number of halogens is 2. The van der Waals surface area contributed by atoms with Gasteiger partial charge in [0, 0.05) is 17.4 Å². The largest absolute Gasteiger partial charge is 0.322 e. The normalized spacial score (nSPS) is 11.8. The Bertz CT molecular complexity index is 1260. The molecule has 1 aromatic heterocycles. The highest BCUT2D eigenvalue weighted by molar-refractivity contribution is 7.92. The molecule has 1 heterocycles. The Hall–Kier alpha value is -2.97. The SMILES string of the molecule is CC(C)(C)c1ccc(N(c2cc(C(=O)Nc3ccc(F)c(Cl)c3)ccn2)S(C)(=O)=O)cc1. The molecular formula is C23H23ClFN3O3S. The van der Waals surface area contributed by atoms with Crippen molar-refractivity contribution in [1.82, 2.24) is 4.98 Å². The first-order chi connectivity index (χ1) is 14.9. The number of nitrogens with one attached hydrogen (secondary N) is 1. The average Bonchev–Trinajstić information content (AvgIpc) is 2.70. The van der Waals surface area contributed by atoms with Gasteiger partial charge >= 0.3 is 0 Å². The zero-order valence-electron chi connectivity index (χ0n) is 18.1. The molecule has 3 rings (SSSR count). The summed E-state index contributed by atoms with van der Waals surface area (Å²) in [6, 6.07) is 13.8. The van der Waals surface area contributed by atoms with Crippen molar-refractivity contribution in [2.24, 2.45) is 0 Å². The Morgan fingerprint density at radius 1 is 1.06 bits per heavy atom. The minimum atomic E-state index is -3.75. The smallest absolute Gasteiger partial charge is 0.255 e. The molecule has 1 N–H and O–H groups in total. The number of nitrogens with zero attached hydrogens (tertiary/aromatic N) is 2. The average molecular weight is 476 g/mol. The van der Waals surface area contributed by atoms with Gasteiger partial charge in [0.2, 0.25) is 10.0 Å². The van der Waals surface area contributed by atoms with Crippen molar-refractivity contribution in [3.05, 3.63) is 82.8 Å². The second-order valence-electron chi connectivity index (χ2n) is 8.31. The van der Waals surface area contributed by atoms with Gasteiger partial charge in [0.15, 0.2) is 0 Å². The summed E-state index contributed by atoms with van der Waals surface area (Å²) < 4.78 is 39.6. The molecule has 2 aromatic carbocycles. The van der Waals surface area contributed by atoms with Crippen LogP contribution < -0.4 is 9.62 Å². The molecule has 0 fully saturated rings. The van der Waals surface area contributed by atoms with E-state index in [1.165, 1.54) is 30.5 Å². The Morgan fingerprint density at radius 2 is 1.72 bits per heavy atom. The van der Waals surface area contributed by atoms with E-state index in [4.69, 9.17) is 11.6 Å². The highest BCUT2D eigenvalue weighted by Crippen LogP contribution is 2.30. The number of anilines is 3. The molecule has 6 nitrogen and oxygen atoms in total. The Morgan fingerprint density at radius 3 is 2.28 bits per heavy atom. The molecule has 0 bridgehead atoms. The van der Waals surface area contributed by atoms with Gasteiger partial charge in [-0.3, -0.25) is 4.79 Å². The van der Waals surface area contributed by atoms with Crippen LogP contribution in [-0.4, -0.2) is 25.6 Å². The monoisotopic (exact) mass is 475 g/mol. The van der Waals surface area contributed by atoms with Gasteiger partial charge in [-0.1, -0.05) is 44.5 Å². The van der Waals surface area contributed by atoms with E-state index in [0.29, 0.717) is 11.4 Å². The van der Waals surface area contributed by atoms with Gasteiger partial charge in [0.05, 0.1) is 17.0 Å². The Labute approximate surface area is 192 Å². The number of carbonyl (C=O) groups excluding carboxylic acids is 1. The van der Waals surface area contributed by atoms with Crippen molar-refractivity contribution in [3.63, 3.8) is 0 Å². The van der Waals surface area contributed by atoms with Crippen molar-refractivity contribution >= 4 is 44.7 Å². The molecular weight excluding hydrogens is 453 g/mol. The van der Waals surface area contributed by atoms with Crippen LogP contribution >= 0.6 is 11.6 Å². The van der Waals surface area contributed by atoms with Crippen molar-refractivity contribution in [2.75, 3.05) is 15.9 Å². The van der Waals surface area contributed by atoms with E-state index in [0.717, 1.165) is 22.2 Å². The minimum absolute atomic E-state index is 0.0702. The maximum absolute atomic E-state index is 13.3. The van der Waals surface area contributed by atoms with Crippen LogP contribution in [0.2, 0.25) is 5.02 Å². The number of aromatic nitrogens is 1. The van der Waals surface area contributed by atoms with Crippen LogP contribution in [0.15, 0.2) is 60.8 Å². The second kappa shape index (κ2) is 8.88. The van der Waals surface area contributed by atoms with E-state index in [1.807, 2.05) is 12.1 Å². The molecule has 0 radical (unpaired) electrons. The highest BCUT2D eigenvalue weighted by atomic mass is 35.5. The fourth-order valence-corrected chi connectivity index (χ4v) is 4.16. The lowest BCUT2D eigenvalue weighted by Crippen LogP contribution is -2.26. The summed E-state index contributed by atoms with van der Waals surface area (Å²) in [6.07, 6.45) is 2.42. The molecule has 0 spiro atoms. The summed E-state index contributed by atoms with van der Waals surface area (Å²) in [4.78, 5) is 16.8. The molecule has 9 heteroatoms. The molecule has 32 heavy (non-hydrogen) atoms. The highest BCUT2D eigenvalue weighted by Gasteiger charge is 2.23. The van der Waals surface area contributed by atoms with E-state index in [-0.39, 0.29) is 21.8 Å². The number of sulfonamides is 1. The van der Waals surface area contributed by atoms with Crippen molar-refractivity contribution < 1.29 is 17.6 Å². The third-order valence-corrected chi connectivity index (χ3v) is 6.04. The Balaban J connectivity index is 1.95. The Kier molecular flexibility index (Phi) is 6.57. The number of rotatable bonds is 5. The molecule has 0 aliphatic carbocycles. The summed E-state index contributed by atoms with van der Waals surface area (Å²) in [6.45, 7) is 6.19. The standard InChI is InChI=1S/C23H23ClFN3O3S/c1-23(2,3)16-5-8-18(9-6-16)28(32(4,30)31)21-13-15(11-12-26-21)22(29)27-17-7-10-20(25)19(24)14-17/h5-14H,1-4H3,(H,27,29). The van der Waals surface area contributed by atoms with Gasteiger partial charge < -0.3 is 5.32 Å². The van der Waals surface area contributed by atoms with Crippen LogP contribution in [0, 0.1) is 5.82 Å². The van der Waals surface area contributed by atoms with Crippen molar-refractivity contribution in [3.8, 4) is 0 Å². The van der Waals surface area contributed by atoms with Crippen LogP contribution in [0.4, 0.5) is 21.6 Å². The van der Waals surface area contributed by atoms with Gasteiger partial charge in [-0.05, 0) is 53.4 Å².